The molecule has 0 saturated carbocycles. The summed E-state index contributed by atoms with van der Waals surface area (Å²) in [6.07, 6.45) is -0.600. The Kier molecular flexibility index (Phi) is 6.77. The summed E-state index contributed by atoms with van der Waals surface area (Å²) in [6, 6.07) is 0. The Morgan fingerprint density at radius 2 is 1.53 bits per heavy atom. The van der Waals surface area contributed by atoms with E-state index in [-0.39, 0.29) is 13.2 Å². The zero-order chi connectivity index (χ0) is 13.4. The molecule has 0 spiro atoms. The van der Waals surface area contributed by atoms with Crippen LogP contribution in [0.3, 0.4) is 0 Å². The maximum atomic E-state index is 11.6. The number of Topliss-reactive ketones (excluding diaryl/α,β-unsaturated/α-hetero) is 2. The van der Waals surface area contributed by atoms with Crippen molar-refractivity contribution in [2.45, 2.75) is 27.2 Å². The van der Waals surface area contributed by atoms with Gasteiger partial charge in [0.1, 0.15) is 6.42 Å². The summed E-state index contributed by atoms with van der Waals surface area (Å²) >= 11 is 0. The largest absolute Gasteiger partial charge is 0.466 e. The van der Waals surface area contributed by atoms with Crippen LogP contribution in [0.25, 0.3) is 0 Å². The number of ketones is 2. The molecule has 0 aliphatic heterocycles. The Morgan fingerprint density at radius 1 is 1.00 bits per heavy atom. The van der Waals surface area contributed by atoms with Crippen LogP contribution in [0.5, 0.6) is 0 Å². The highest BCUT2D eigenvalue weighted by molar-refractivity contribution is 6.19. The first kappa shape index (κ1) is 15.3. The number of carbonyl (C=O) groups excluding carboxylic acids is 4. The van der Waals surface area contributed by atoms with Crippen LogP contribution in [0.4, 0.5) is 0 Å². The van der Waals surface area contributed by atoms with Gasteiger partial charge in [-0.05, 0) is 20.8 Å². The van der Waals surface area contributed by atoms with Crippen molar-refractivity contribution in [3.05, 3.63) is 0 Å². The van der Waals surface area contributed by atoms with Crippen molar-refractivity contribution in [2.24, 2.45) is 5.92 Å². The van der Waals surface area contributed by atoms with Crippen molar-refractivity contribution in [1.82, 2.24) is 0 Å². The zero-order valence-corrected chi connectivity index (χ0v) is 10.1. The first-order chi connectivity index (χ1) is 7.93. The lowest BCUT2D eigenvalue weighted by Gasteiger charge is -2.10. The lowest BCUT2D eigenvalue weighted by molar-refractivity contribution is -0.155. The fourth-order valence-electron chi connectivity index (χ4n) is 1.21. The molecule has 0 aromatic heterocycles. The molecule has 0 rings (SSSR count). The zero-order valence-electron chi connectivity index (χ0n) is 10.1. The third-order valence-corrected chi connectivity index (χ3v) is 1.87. The number of carbonyl (C=O) groups is 4. The molecular formula is C11H16O6. The smallest absolute Gasteiger partial charge is 0.324 e. The average molecular weight is 244 g/mol. The first-order valence-corrected chi connectivity index (χ1v) is 5.29. The van der Waals surface area contributed by atoms with Gasteiger partial charge in [-0.1, -0.05) is 0 Å². The summed E-state index contributed by atoms with van der Waals surface area (Å²) in [6.45, 7) is 4.46. The fourth-order valence-corrected chi connectivity index (χ4v) is 1.21. The quantitative estimate of drug-likeness (QED) is 0.472. The van der Waals surface area contributed by atoms with Crippen LogP contribution in [-0.2, 0) is 28.7 Å². The highest BCUT2D eigenvalue weighted by atomic mass is 16.5. The van der Waals surface area contributed by atoms with Crippen LogP contribution in [0, 0.1) is 5.92 Å². The molecule has 0 aromatic rings. The number of hydrogen-bond acceptors (Lipinski definition) is 6. The molecule has 0 saturated heterocycles. The molecule has 96 valence electrons. The first-order valence-electron chi connectivity index (χ1n) is 5.29. The van der Waals surface area contributed by atoms with Gasteiger partial charge in [0.25, 0.3) is 0 Å². The lowest BCUT2D eigenvalue weighted by atomic mass is 9.98. The summed E-state index contributed by atoms with van der Waals surface area (Å²) < 4.78 is 9.15. The molecule has 0 fully saturated rings. The minimum absolute atomic E-state index is 0.0648. The molecule has 0 N–H and O–H groups in total. The van der Waals surface area contributed by atoms with E-state index in [1.165, 1.54) is 0 Å². The van der Waals surface area contributed by atoms with E-state index in [0.29, 0.717) is 0 Å². The second-order valence-corrected chi connectivity index (χ2v) is 3.24. The average Bonchev–Trinajstić information content (AvgIpc) is 2.17. The Hall–Kier alpha value is -1.72. The second kappa shape index (κ2) is 7.54. The van der Waals surface area contributed by atoms with Gasteiger partial charge in [-0.25, -0.2) is 0 Å². The molecule has 0 aliphatic carbocycles. The lowest BCUT2D eigenvalue weighted by Crippen LogP contribution is -2.33. The maximum Gasteiger partial charge on any atom is 0.324 e. The van der Waals surface area contributed by atoms with Gasteiger partial charge in [0.2, 0.25) is 0 Å². The number of ether oxygens (including phenoxy) is 2. The van der Waals surface area contributed by atoms with Gasteiger partial charge in [0.05, 0.1) is 13.2 Å². The van der Waals surface area contributed by atoms with Crippen molar-refractivity contribution in [1.29, 1.82) is 0 Å². The van der Waals surface area contributed by atoms with Crippen molar-refractivity contribution in [3.8, 4) is 0 Å². The van der Waals surface area contributed by atoms with E-state index >= 15 is 0 Å². The highest BCUT2D eigenvalue weighted by Crippen LogP contribution is 2.07. The molecule has 17 heavy (non-hydrogen) atoms. The fraction of sp³-hybridized carbons (Fsp3) is 0.636. The molecule has 1 atom stereocenters. The molecule has 6 nitrogen and oxygen atoms in total. The summed E-state index contributed by atoms with van der Waals surface area (Å²) in [5.74, 6) is -4.64. The molecule has 1 unspecified atom stereocenters. The van der Waals surface area contributed by atoms with Crippen LogP contribution in [0.2, 0.25) is 0 Å². The number of rotatable bonds is 7. The summed E-state index contributed by atoms with van der Waals surface area (Å²) in [7, 11) is 0. The molecule has 6 heteroatoms. The molecule has 0 amide bonds. The van der Waals surface area contributed by atoms with Gasteiger partial charge in [-0.3, -0.25) is 19.2 Å². The summed E-state index contributed by atoms with van der Waals surface area (Å²) in [4.78, 5) is 45.1. The third kappa shape index (κ3) is 5.24. The van der Waals surface area contributed by atoms with Crippen molar-refractivity contribution in [3.63, 3.8) is 0 Å². The number of hydrogen-bond donors (Lipinski definition) is 0. The normalized spacial score (nSPS) is 11.5. The van der Waals surface area contributed by atoms with Gasteiger partial charge in [-0.15, -0.1) is 0 Å². The van der Waals surface area contributed by atoms with Crippen LogP contribution in [-0.4, -0.2) is 36.7 Å². The van der Waals surface area contributed by atoms with E-state index in [4.69, 9.17) is 0 Å². The molecule has 0 radical (unpaired) electrons. The van der Waals surface area contributed by atoms with Gasteiger partial charge >= 0.3 is 11.9 Å². The van der Waals surface area contributed by atoms with E-state index in [1.807, 2.05) is 0 Å². The minimum Gasteiger partial charge on any atom is -0.466 e. The summed E-state index contributed by atoms with van der Waals surface area (Å²) in [5, 5.41) is 0. The molecule has 0 heterocycles. The van der Waals surface area contributed by atoms with Crippen molar-refractivity contribution < 1.29 is 28.7 Å². The number of esters is 2. The Labute approximate surface area is 99.3 Å². The molecular weight excluding hydrogens is 228 g/mol. The van der Waals surface area contributed by atoms with Gasteiger partial charge in [0.15, 0.2) is 17.5 Å². The predicted molar refractivity (Wildman–Crippen MR) is 57.1 cm³/mol. The predicted octanol–water partition coefficient (Wildman–Crippen LogP) is 0.277. The SMILES string of the molecule is CCOC(=O)CC(=O)C(C(C)=O)C(=O)OCC. The van der Waals surface area contributed by atoms with Crippen LogP contribution >= 0.6 is 0 Å². The topological polar surface area (TPSA) is 86.7 Å². The van der Waals surface area contributed by atoms with Crippen molar-refractivity contribution in [2.75, 3.05) is 13.2 Å². The van der Waals surface area contributed by atoms with Gasteiger partial charge < -0.3 is 9.47 Å². The van der Waals surface area contributed by atoms with Crippen molar-refractivity contribution >= 4 is 23.5 Å². The third-order valence-electron chi connectivity index (χ3n) is 1.87. The highest BCUT2D eigenvalue weighted by Gasteiger charge is 2.33. The maximum absolute atomic E-state index is 11.6. The standard InChI is InChI=1S/C11H16O6/c1-4-16-9(14)6-8(13)10(7(3)12)11(15)17-5-2/h10H,4-6H2,1-3H3. The van der Waals surface area contributed by atoms with Crippen LogP contribution in [0.15, 0.2) is 0 Å². The van der Waals surface area contributed by atoms with Gasteiger partial charge in [-0.2, -0.15) is 0 Å². The Bertz CT molecular complexity index is 320. The van der Waals surface area contributed by atoms with E-state index in [9.17, 15) is 19.2 Å². The molecule has 0 aliphatic rings. The van der Waals surface area contributed by atoms with Crippen LogP contribution < -0.4 is 0 Å². The Morgan fingerprint density at radius 3 is 1.94 bits per heavy atom. The monoisotopic (exact) mass is 244 g/mol. The minimum atomic E-state index is -1.53. The summed E-state index contributed by atoms with van der Waals surface area (Å²) in [5.41, 5.74) is 0. The van der Waals surface area contributed by atoms with E-state index in [0.717, 1.165) is 6.92 Å². The van der Waals surface area contributed by atoms with E-state index in [2.05, 4.69) is 9.47 Å². The Balaban J connectivity index is 4.61. The van der Waals surface area contributed by atoms with E-state index < -0.39 is 35.8 Å². The molecule has 0 bridgehead atoms. The van der Waals surface area contributed by atoms with Crippen LogP contribution in [0.1, 0.15) is 27.2 Å². The van der Waals surface area contributed by atoms with E-state index in [1.54, 1.807) is 13.8 Å². The molecule has 0 aromatic carbocycles. The second-order valence-electron chi connectivity index (χ2n) is 3.24. The van der Waals surface area contributed by atoms with Gasteiger partial charge in [0, 0.05) is 0 Å².